The standard InChI is InChI=1S/C5H11F2NO/c1-4(9)5(6,7)3-8-2/h4,8-9H,3H2,1-2H3. The number of halogens is 2. The maximum absolute atomic E-state index is 12.2. The maximum atomic E-state index is 12.2. The normalized spacial score (nSPS) is 15.7. The molecule has 0 rings (SSSR count). The lowest BCUT2D eigenvalue weighted by Gasteiger charge is -2.17. The third-order valence-corrected chi connectivity index (χ3v) is 1.02. The van der Waals surface area contributed by atoms with Crippen LogP contribution in [0.5, 0.6) is 0 Å². The predicted molar refractivity (Wildman–Crippen MR) is 30.6 cm³/mol. The van der Waals surface area contributed by atoms with Gasteiger partial charge in [0.05, 0.1) is 6.54 Å². The number of rotatable bonds is 3. The molecular weight excluding hydrogens is 128 g/mol. The highest BCUT2D eigenvalue weighted by atomic mass is 19.3. The molecule has 0 aromatic carbocycles. The van der Waals surface area contributed by atoms with Crippen molar-refractivity contribution in [1.29, 1.82) is 0 Å². The molecule has 0 aliphatic rings. The number of aliphatic hydroxyl groups is 1. The highest BCUT2D eigenvalue weighted by Crippen LogP contribution is 2.16. The third kappa shape index (κ3) is 2.72. The lowest BCUT2D eigenvalue weighted by molar-refractivity contribution is -0.0954. The van der Waals surface area contributed by atoms with Crippen molar-refractivity contribution in [3.05, 3.63) is 0 Å². The fourth-order valence-electron chi connectivity index (χ4n) is 0.383. The average molecular weight is 139 g/mol. The molecule has 56 valence electrons. The maximum Gasteiger partial charge on any atom is 0.285 e. The molecule has 0 aliphatic heterocycles. The SMILES string of the molecule is CNCC(F)(F)C(C)O. The average Bonchev–Trinajstić information content (AvgIpc) is 1.65. The van der Waals surface area contributed by atoms with E-state index in [0.29, 0.717) is 0 Å². The second-order valence-corrected chi connectivity index (χ2v) is 1.97. The van der Waals surface area contributed by atoms with Crippen molar-refractivity contribution in [2.24, 2.45) is 0 Å². The van der Waals surface area contributed by atoms with Crippen molar-refractivity contribution in [2.45, 2.75) is 19.0 Å². The zero-order chi connectivity index (χ0) is 7.49. The Morgan fingerprint density at radius 1 is 1.67 bits per heavy atom. The van der Waals surface area contributed by atoms with E-state index in [-0.39, 0.29) is 0 Å². The summed E-state index contributed by atoms with van der Waals surface area (Å²) >= 11 is 0. The highest BCUT2D eigenvalue weighted by Gasteiger charge is 2.33. The van der Waals surface area contributed by atoms with E-state index in [9.17, 15) is 8.78 Å². The van der Waals surface area contributed by atoms with Crippen LogP contribution in [0.15, 0.2) is 0 Å². The minimum Gasteiger partial charge on any atom is -0.387 e. The van der Waals surface area contributed by atoms with E-state index in [1.165, 1.54) is 7.05 Å². The molecule has 1 atom stereocenters. The van der Waals surface area contributed by atoms with Crippen LogP contribution < -0.4 is 5.32 Å². The summed E-state index contributed by atoms with van der Waals surface area (Å²) in [4.78, 5) is 0. The molecule has 0 saturated heterocycles. The summed E-state index contributed by atoms with van der Waals surface area (Å²) in [6.07, 6.45) is -1.58. The van der Waals surface area contributed by atoms with Crippen LogP contribution in [0.3, 0.4) is 0 Å². The summed E-state index contributed by atoms with van der Waals surface area (Å²) in [6.45, 7) is 0.585. The molecule has 0 aromatic rings. The Morgan fingerprint density at radius 3 is 2.22 bits per heavy atom. The van der Waals surface area contributed by atoms with Crippen molar-refractivity contribution in [3.8, 4) is 0 Å². The fourth-order valence-corrected chi connectivity index (χ4v) is 0.383. The van der Waals surface area contributed by atoms with Gasteiger partial charge in [-0.05, 0) is 14.0 Å². The van der Waals surface area contributed by atoms with Gasteiger partial charge in [0.2, 0.25) is 0 Å². The molecule has 0 amide bonds. The number of hydrogen-bond donors (Lipinski definition) is 2. The lowest BCUT2D eigenvalue weighted by Crippen LogP contribution is -2.39. The van der Waals surface area contributed by atoms with Crippen LogP contribution in [0.1, 0.15) is 6.92 Å². The summed E-state index contributed by atoms with van der Waals surface area (Å²) in [5.41, 5.74) is 0. The van der Waals surface area contributed by atoms with E-state index < -0.39 is 18.6 Å². The first-order valence-corrected chi connectivity index (χ1v) is 2.71. The van der Waals surface area contributed by atoms with Gasteiger partial charge >= 0.3 is 0 Å². The first-order chi connectivity index (χ1) is 4.00. The van der Waals surface area contributed by atoms with Crippen LogP contribution in [0, 0.1) is 0 Å². The Kier molecular flexibility index (Phi) is 3.00. The Bertz CT molecular complexity index is 85.0. The Hall–Kier alpha value is -0.220. The second-order valence-electron chi connectivity index (χ2n) is 1.97. The van der Waals surface area contributed by atoms with Gasteiger partial charge in [0.1, 0.15) is 6.10 Å². The molecular formula is C5H11F2NO. The molecule has 0 fully saturated rings. The van der Waals surface area contributed by atoms with E-state index >= 15 is 0 Å². The van der Waals surface area contributed by atoms with E-state index in [1.54, 1.807) is 0 Å². The predicted octanol–water partition coefficient (Wildman–Crippen LogP) is 0.222. The third-order valence-electron chi connectivity index (χ3n) is 1.02. The van der Waals surface area contributed by atoms with E-state index in [1.807, 2.05) is 0 Å². The van der Waals surface area contributed by atoms with Crippen molar-refractivity contribution >= 4 is 0 Å². The van der Waals surface area contributed by atoms with Gasteiger partial charge in [-0.2, -0.15) is 0 Å². The quantitative estimate of drug-likeness (QED) is 0.586. The number of aliphatic hydroxyl groups excluding tert-OH is 1. The van der Waals surface area contributed by atoms with E-state index in [4.69, 9.17) is 5.11 Å². The van der Waals surface area contributed by atoms with Gasteiger partial charge in [-0.25, -0.2) is 8.78 Å². The molecule has 1 unspecified atom stereocenters. The smallest absolute Gasteiger partial charge is 0.285 e. The Balaban J connectivity index is 3.70. The van der Waals surface area contributed by atoms with Crippen molar-refractivity contribution in [1.82, 2.24) is 5.32 Å². The molecule has 0 bridgehead atoms. The molecule has 0 heterocycles. The summed E-state index contributed by atoms with van der Waals surface area (Å²) in [5.74, 6) is -3.01. The summed E-state index contributed by atoms with van der Waals surface area (Å²) in [5, 5.41) is 10.7. The molecule has 0 saturated carbocycles. The van der Waals surface area contributed by atoms with Crippen LogP contribution >= 0.6 is 0 Å². The van der Waals surface area contributed by atoms with E-state index in [2.05, 4.69) is 5.32 Å². The minimum atomic E-state index is -3.01. The Labute approximate surface area is 52.9 Å². The highest BCUT2D eigenvalue weighted by molar-refractivity contribution is 4.73. The molecule has 2 nitrogen and oxygen atoms in total. The summed E-state index contributed by atoms with van der Waals surface area (Å²) < 4.78 is 24.5. The number of alkyl halides is 2. The van der Waals surface area contributed by atoms with Crippen LogP contribution in [0.25, 0.3) is 0 Å². The first kappa shape index (κ1) is 8.78. The molecule has 0 radical (unpaired) electrons. The second kappa shape index (κ2) is 3.08. The van der Waals surface area contributed by atoms with E-state index in [0.717, 1.165) is 6.92 Å². The van der Waals surface area contributed by atoms with Crippen molar-refractivity contribution < 1.29 is 13.9 Å². The topological polar surface area (TPSA) is 32.3 Å². The van der Waals surface area contributed by atoms with Crippen LogP contribution in [0.2, 0.25) is 0 Å². The van der Waals surface area contributed by atoms with Crippen LogP contribution in [-0.4, -0.2) is 30.7 Å². The van der Waals surface area contributed by atoms with Crippen molar-refractivity contribution in [3.63, 3.8) is 0 Å². The largest absolute Gasteiger partial charge is 0.387 e. The molecule has 9 heavy (non-hydrogen) atoms. The van der Waals surface area contributed by atoms with Crippen LogP contribution in [0.4, 0.5) is 8.78 Å². The Morgan fingerprint density at radius 2 is 2.11 bits per heavy atom. The minimum absolute atomic E-state index is 0.481. The van der Waals surface area contributed by atoms with Crippen LogP contribution in [-0.2, 0) is 0 Å². The number of nitrogens with one attached hydrogen (secondary N) is 1. The van der Waals surface area contributed by atoms with Gasteiger partial charge in [0.25, 0.3) is 5.92 Å². The van der Waals surface area contributed by atoms with Gasteiger partial charge in [0.15, 0.2) is 0 Å². The molecule has 0 aromatic heterocycles. The molecule has 0 spiro atoms. The number of hydrogen-bond acceptors (Lipinski definition) is 2. The van der Waals surface area contributed by atoms with Gasteiger partial charge in [-0.3, -0.25) is 0 Å². The van der Waals surface area contributed by atoms with Gasteiger partial charge in [-0.1, -0.05) is 0 Å². The molecule has 0 aliphatic carbocycles. The molecule has 2 N–H and O–H groups in total. The van der Waals surface area contributed by atoms with Gasteiger partial charge in [0, 0.05) is 0 Å². The summed E-state index contributed by atoms with van der Waals surface area (Å²) in [6, 6.07) is 0. The summed E-state index contributed by atoms with van der Waals surface area (Å²) in [7, 11) is 1.41. The monoisotopic (exact) mass is 139 g/mol. The first-order valence-electron chi connectivity index (χ1n) is 2.71. The van der Waals surface area contributed by atoms with Gasteiger partial charge < -0.3 is 10.4 Å². The fraction of sp³-hybridized carbons (Fsp3) is 1.00. The van der Waals surface area contributed by atoms with Gasteiger partial charge in [-0.15, -0.1) is 0 Å². The zero-order valence-electron chi connectivity index (χ0n) is 5.49. The molecule has 4 heteroatoms. The van der Waals surface area contributed by atoms with Crippen molar-refractivity contribution in [2.75, 3.05) is 13.6 Å². The lowest BCUT2D eigenvalue weighted by atomic mass is 10.2. The zero-order valence-corrected chi connectivity index (χ0v) is 5.49.